The van der Waals surface area contributed by atoms with Gasteiger partial charge in [0.1, 0.15) is 0 Å². The number of methoxy groups -OCH3 is 2. The summed E-state index contributed by atoms with van der Waals surface area (Å²) in [5.74, 6) is 1.21. The van der Waals surface area contributed by atoms with E-state index in [1.807, 2.05) is 42.5 Å². The lowest BCUT2D eigenvalue weighted by Crippen LogP contribution is -2.29. The van der Waals surface area contributed by atoms with Crippen molar-refractivity contribution in [3.63, 3.8) is 0 Å². The van der Waals surface area contributed by atoms with Gasteiger partial charge in [0.2, 0.25) is 0 Å². The zero-order chi connectivity index (χ0) is 15.0. The average Bonchev–Trinajstić information content (AvgIpc) is 2.78. The summed E-state index contributed by atoms with van der Waals surface area (Å²) in [5.41, 5.74) is 9.16. The Hall–Kier alpha value is -2.04. The first-order chi connectivity index (χ1) is 10.2. The molecule has 3 atom stereocenters. The molecule has 0 bridgehead atoms. The molecule has 4 nitrogen and oxygen atoms in total. The van der Waals surface area contributed by atoms with Gasteiger partial charge in [-0.25, -0.2) is 0 Å². The molecule has 3 rings (SSSR count). The average molecular weight is 285 g/mol. The maximum absolute atomic E-state index is 10.4. The quantitative estimate of drug-likeness (QED) is 0.907. The first kappa shape index (κ1) is 13.9. The van der Waals surface area contributed by atoms with Crippen LogP contribution in [0.15, 0.2) is 42.5 Å². The summed E-state index contributed by atoms with van der Waals surface area (Å²) >= 11 is 0. The Morgan fingerprint density at radius 1 is 0.952 bits per heavy atom. The molecule has 0 fully saturated rings. The highest BCUT2D eigenvalue weighted by molar-refractivity contribution is 5.55. The molecule has 0 saturated carbocycles. The van der Waals surface area contributed by atoms with Crippen molar-refractivity contribution in [3.8, 4) is 11.5 Å². The minimum Gasteiger partial charge on any atom is -0.493 e. The summed E-state index contributed by atoms with van der Waals surface area (Å²) < 4.78 is 10.7. The summed E-state index contributed by atoms with van der Waals surface area (Å²) in [6.45, 7) is 0. The van der Waals surface area contributed by atoms with E-state index in [-0.39, 0.29) is 12.0 Å². The molecule has 0 amide bonds. The summed E-state index contributed by atoms with van der Waals surface area (Å²) in [7, 11) is 3.19. The standard InChI is InChI=1S/C17H19NO3/c1-20-13-8-11-12(9-14(13)21-2)17(19)16(18)15(11)10-6-4-3-5-7-10/h3-9,15-17,19H,18H2,1-2H3/t15-,16+,17?/m0/s1. The highest BCUT2D eigenvalue weighted by Gasteiger charge is 2.39. The normalized spacial score (nSPS) is 23.7. The summed E-state index contributed by atoms with van der Waals surface area (Å²) in [4.78, 5) is 0. The maximum atomic E-state index is 10.4. The fourth-order valence-corrected chi connectivity index (χ4v) is 3.10. The summed E-state index contributed by atoms with van der Waals surface area (Å²) in [6, 6.07) is 13.4. The third-order valence-corrected chi connectivity index (χ3v) is 4.15. The van der Waals surface area contributed by atoms with Crippen LogP contribution < -0.4 is 15.2 Å². The Labute approximate surface area is 124 Å². The Morgan fingerprint density at radius 3 is 2.10 bits per heavy atom. The van der Waals surface area contributed by atoms with Crippen molar-refractivity contribution >= 4 is 0 Å². The van der Waals surface area contributed by atoms with Gasteiger partial charge in [-0.05, 0) is 28.8 Å². The van der Waals surface area contributed by atoms with E-state index in [0.717, 1.165) is 16.7 Å². The van der Waals surface area contributed by atoms with Crippen LogP contribution in [0.3, 0.4) is 0 Å². The molecule has 0 saturated heterocycles. The van der Waals surface area contributed by atoms with Crippen LogP contribution >= 0.6 is 0 Å². The largest absolute Gasteiger partial charge is 0.493 e. The van der Waals surface area contributed by atoms with Crippen molar-refractivity contribution < 1.29 is 14.6 Å². The van der Waals surface area contributed by atoms with Crippen molar-refractivity contribution in [1.82, 2.24) is 0 Å². The third-order valence-electron chi connectivity index (χ3n) is 4.15. The molecule has 1 aliphatic carbocycles. The second kappa shape index (κ2) is 5.39. The lowest BCUT2D eigenvalue weighted by atomic mass is 9.90. The van der Waals surface area contributed by atoms with Crippen LogP contribution in [-0.4, -0.2) is 25.4 Å². The van der Waals surface area contributed by atoms with Crippen LogP contribution in [0.5, 0.6) is 11.5 Å². The number of hydrogen-bond acceptors (Lipinski definition) is 4. The fraction of sp³-hybridized carbons (Fsp3) is 0.294. The number of aliphatic hydroxyl groups excluding tert-OH is 1. The molecule has 1 aliphatic rings. The van der Waals surface area contributed by atoms with E-state index >= 15 is 0 Å². The smallest absolute Gasteiger partial charge is 0.161 e. The topological polar surface area (TPSA) is 64.7 Å². The molecule has 2 aromatic carbocycles. The lowest BCUT2D eigenvalue weighted by Gasteiger charge is -2.19. The zero-order valence-corrected chi connectivity index (χ0v) is 12.1. The molecular formula is C17H19NO3. The fourth-order valence-electron chi connectivity index (χ4n) is 3.10. The van der Waals surface area contributed by atoms with Gasteiger partial charge in [-0.2, -0.15) is 0 Å². The second-order valence-electron chi connectivity index (χ2n) is 5.25. The minimum absolute atomic E-state index is 0.0454. The van der Waals surface area contributed by atoms with Gasteiger partial charge in [0.25, 0.3) is 0 Å². The van der Waals surface area contributed by atoms with Gasteiger partial charge < -0.3 is 20.3 Å². The van der Waals surface area contributed by atoms with Gasteiger partial charge in [-0.15, -0.1) is 0 Å². The summed E-state index contributed by atoms with van der Waals surface area (Å²) in [5, 5.41) is 10.4. The van der Waals surface area contributed by atoms with E-state index in [1.165, 1.54) is 0 Å². The Kier molecular flexibility index (Phi) is 3.57. The number of fused-ring (bicyclic) bond motifs is 1. The van der Waals surface area contributed by atoms with E-state index in [2.05, 4.69) is 0 Å². The van der Waals surface area contributed by atoms with Gasteiger partial charge >= 0.3 is 0 Å². The van der Waals surface area contributed by atoms with E-state index in [9.17, 15) is 5.11 Å². The highest BCUT2D eigenvalue weighted by Crippen LogP contribution is 2.47. The van der Waals surface area contributed by atoms with Crippen LogP contribution in [0.1, 0.15) is 28.7 Å². The van der Waals surface area contributed by atoms with Gasteiger partial charge in [0, 0.05) is 12.0 Å². The molecule has 1 unspecified atom stereocenters. The number of rotatable bonds is 3. The number of nitrogens with two attached hydrogens (primary N) is 1. The van der Waals surface area contributed by atoms with Crippen LogP contribution in [-0.2, 0) is 0 Å². The lowest BCUT2D eigenvalue weighted by molar-refractivity contribution is 0.154. The van der Waals surface area contributed by atoms with E-state index < -0.39 is 6.10 Å². The van der Waals surface area contributed by atoms with E-state index in [4.69, 9.17) is 15.2 Å². The number of hydrogen-bond donors (Lipinski definition) is 2. The van der Waals surface area contributed by atoms with Crippen molar-refractivity contribution in [2.24, 2.45) is 5.73 Å². The molecule has 110 valence electrons. The van der Waals surface area contributed by atoms with E-state index in [0.29, 0.717) is 11.5 Å². The van der Waals surface area contributed by atoms with Gasteiger partial charge in [0.05, 0.1) is 20.3 Å². The van der Waals surface area contributed by atoms with Crippen LogP contribution in [0.2, 0.25) is 0 Å². The Morgan fingerprint density at radius 2 is 1.52 bits per heavy atom. The number of ether oxygens (including phenoxy) is 2. The Balaban J connectivity index is 2.16. The van der Waals surface area contributed by atoms with Crippen molar-refractivity contribution in [2.45, 2.75) is 18.1 Å². The minimum atomic E-state index is -0.704. The molecule has 0 heterocycles. The van der Waals surface area contributed by atoms with Gasteiger partial charge in [-0.3, -0.25) is 0 Å². The molecule has 21 heavy (non-hydrogen) atoms. The molecule has 0 radical (unpaired) electrons. The van der Waals surface area contributed by atoms with Crippen LogP contribution in [0, 0.1) is 0 Å². The van der Waals surface area contributed by atoms with Crippen molar-refractivity contribution in [1.29, 1.82) is 0 Å². The second-order valence-corrected chi connectivity index (χ2v) is 5.25. The van der Waals surface area contributed by atoms with E-state index in [1.54, 1.807) is 14.2 Å². The predicted molar refractivity (Wildman–Crippen MR) is 80.8 cm³/mol. The highest BCUT2D eigenvalue weighted by atomic mass is 16.5. The molecule has 2 aromatic rings. The zero-order valence-electron chi connectivity index (χ0n) is 12.1. The molecule has 0 aromatic heterocycles. The number of benzene rings is 2. The first-order valence-electron chi connectivity index (χ1n) is 6.91. The maximum Gasteiger partial charge on any atom is 0.161 e. The molecular weight excluding hydrogens is 266 g/mol. The van der Waals surface area contributed by atoms with Crippen LogP contribution in [0.25, 0.3) is 0 Å². The molecule has 0 aliphatic heterocycles. The summed E-state index contributed by atoms with van der Waals surface area (Å²) in [6.07, 6.45) is -0.704. The molecule has 3 N–H and O–H groups in total. The SMILES string of the molecule is COc1cc2c(cc1OC)[C@H](c1ccccc1)[C@@H](N)C2O. The molecule has 4 heteroatoms. The van der Waals surface area contributed by atoms with Crippen LogP contribution in [0.4, 0.5) is 0 Å². The predicted octanol–water partition coefficient (Wildman–Crippen LogP) is 2.21. The first-order valence-corrected chi connectivity index (χ1v) is 6.91. The third kappa shape index (κ3) is 2.17. The monoisotopic (exact) mass is 285 g/mol. The molecule has 0 spiro atoms. The van der Waals surface area contributed by atoms with Gasteiger partial charge in [-0.1, -0.05) is 30.3 Å². The van der Waals surface area contributed by atoms with Gasteiger partial charge in [0.15, 0.2) is 11.5 Å². The number of aliphatic hydroxyl groups is 1. The van der Waals surface area contributed by atoms with Crippen molar-refractivity contribution in [2.75, 3.05) is 14.2 Å². The van der Waals surface area contributed by atoms with Crippen molar-refractivity contribution in [3.05, 3.63) is 59.2 Å². The Bertz CT molecular complexity index is 642.